The molecule has 1 aromatic heterocycles. The molecule has 0 saturated carbocycles. The van der Waals surface area contributed by atoms with Gasteiger partial charge in [-0.3, -0.25) is 0 Å². The first-order valence-corrected chi connectivity index (χ1v) is 8.41. The molecule has 0 amide bonds. The van der Waals surface area contributed by atoms with Gasteiger partial charge in [0.1, 0.15) is 5.50 Å². The van der Waals surface area contributed by atoms with E-state index in [1.165, 1.54) is 0 Å². The number of thioether (sulfide) groups is 1. The zero-order valence-electron chi connectivity index (χ0n) is 12.1. The highest BCUT2D eigenvalue weighted by molar-refractivity contribution is 8.13. The average Bonchev–Trinajstić information content (AvgIpc) is 2.98. The van der Waals surface area contributed by atoms with Crippen LogP contribution in [-0.2, 0) is 4.74 Å². The monoisotopic (exact) mass is 358 g/mol. The summed E-state index contributed by atoms with van der Waals surface area (Å²) in [4.78, 5) is 16.0. The van der Waals surface area contributed by atoms with Crippen molar-refractivity contribution in [2.75, 3.05) is 0 Å². The van der Waals surface area contributed by atoms with Crippen LogP contribution in [0, 0.1) is 0 Å². The Hall–Kier alpha value is -1.17. The Morgan fingerprint density at radius 1 is 1.32 bits per heavy atom. The van der Waals surface area contributed by atoms with Crippen molar-refractivity contribution in [3.8, 4) is 0 Å². The Balaban J connectivity index is 2.24. The number of carbonyl (C=O) groups is 1. The predicted molar refractivity (Wildman–Crippen MR) is 90.5 cm³/mol. The lowest BCUT2D eigenvalue weighted by atomic mass is 10.1. The largest absolute Gasteiger partial charge is 0.455 e. The van der Waals surface area contributed by atoms with Crippen LogP contribution in [0.5, 0.6) is 0 Å². The number of hydrogen-bond acceptors (Lipinski definition) is 4. The van der Waals surface area contributed by atoms with Crippen LogP contribution in [0.15, 0.2) is 43.0 Å². The van der Waals surface area contributed by atoms with Gasteiger partial charge in [0.25, 0.3) is 0 Å². The van der Waals surface area contributed by atoms with E-state index in [0.717, 1.165) is 17.3 Å². The molecule has 2 unspecified atom stereocenters. The molecule has 0 spiro atoms. The number of alkyl halides is 1. The summed E-state index contributed by atoms with van der Waals surface area (Å²) in [6.45, 7) is 3.62. The maximum atomic E-state index is 12.0. The van der Waals surface area contributed by atoms with E-state index in [2.05, 4.69) is 4.98 Å². The van der Waals surface area contributed by atoms with Gasteiger partial charge in [0.2, 0.25) is 0 Å². The van der Waals surface area contributed by atoms with Crippen LogP contribution < -0.4 is 0 Å². The van der Waals surface area contributed by atoms with Gasteiger partial charge >= 0.3 is 5.30 Å². The summed E-state index contributed by atoms with van der Waals surface area (Å²) in [5, 5.41) is -0.0499. The third kappa shape index (κ3) is 4.66. The van der Waals surface area contributed by atoms with Gasteiger partial charge in [0.05, 0.1) is 17.7 Å². The molecule has 4 nitrogen and oxygen atoms in total. The standard InChI is InChI=1S/C15H16Cl2N2O2S/c1-10(2)21-15(20)22-13(11-3-5-12(16)6-4-11)14(17)19-8-7-18-9-19/h3-10,13-14H,1-2H3. The highest BCUT2D eigenvalue weighted by atomic mass is 35.5. The lowest BCUT2D eigenvalue weighted by molar-refractivity contribution is 0.142. The van der Waals surface area contributed by atoms with Crippen LogP contribution in [0.4, 0.5) is 4.79 Å². The van der Waals surface area contributed by atoms with E-state index < -0.39 is 5.50 Å². The summed E-state index contributed by atoms with van der Waals surface area (Å²) in [6.07, 6.45) is 4.85. The zero-order chi connectivity index (χ0) is 16.1. The number of ether oxygens (including phenoxy) is 1. The fraction of sp³-hybridized carbons (Fsp3) is 0.333. The number of carbonyl (C=O) groups excluding carboxylic acids is 1. The molecular formula is C15H16Cl2N2O2S. The molecule has 0 saturated heterocycles. The zero-order valence-corrected chi connectivity index (χ0v) is 14.5. The summed E-state index contributed by atoms with van der Waals surface area (Å²) >= 11 is 13.5. The topological polar surface area (TPSA) is 44.1 Å². The molecular weight excluding hydrogens is 343 g/mol. The van der Waals surface area contributed by atoms with Crippen molar-refractivity contribution in [2.24, 2.45) is 0 Å². The van der Waals surface area contributed by atoms with Crippen LogP contribution in [0.25, 0.3) is 0 Å². The second-order valence-corrected chi connectivity index (χ2v) is 6.85. The highest BCUT2D eigenvalue weighted by Crippen LogP contribution is 2.42. The average molecular weight is 359 g/mol. The quantitative estimate of drug-likeness (QED) is 0.537. The summed E-state index contributed by atoms with van der Waals surface area (Å²) in [6, 6.07) is 7.26. The minimum absolute atomic E-state index is 0.173. The lowest BCUT2D eigenvalue weighted by Gasteiger charge is -2.22. The summed E-state index contributed by atoms with van der Waals surface area (Å²) in [5.74, 6) is 0. The van der Waals surface area contributed by atoms with Crippen LogP contribution in [0.1, 0.15) is 30.2 Å². The van der Waals surface area contributed by atoms with E-state index in [-0.39, 0.29) is 16.7 Å². The molecule has 0 aliphatic carbocycles. The minimum Gasteiger partial charge on any atom is -0.455 e. The van der Waals surface area contributed by atoms with E-state index in [4.69, 9.17) is 27.9 Å². The molecule has 0 bridgehead atoms. The van der Waals surface area contributed by atoms with E-state index in [1.54, 1.807) is 35.4 Å². The number of imidazole rings is 1. The van der Waals surface area contributed by atoms with Crippen molar-refractivity contribution in [1.29, 1.82) is 0 Å². The Labute approximate surface area is 143 Å². The number of benzene rings is 1. The molecule has 2 atom stereocenters. The van der Waals surface area contributed by atoms with Crippen molar-refractivity contribution < 1.29 is 9.53 Å². The van der Waals surface area contributed by atoms with Gasteiger partial charge in [-0.1, -0.05) is 35.3 Å². The third-order valence-corrected chi connectivity index (χ3v) is 4.76. The summed E-state index contributed by atoms with van der Waals surface area (Å²) in [5.41, 5.74) is 0.414. The Morgan fingerprint density at radius 2 is 2.00 bits per heavy atom. The van der Waals surface area contributed by atoms with E-state index in [1.807, 2.05) is 26.0 Å². The number of nitrogens with zero attached hydrogens (tertiary/aromatic N) is 2. The van der Waals surface area contributed by atoms with Crippen LogP contribution in [0.2, 0.25) is 5.02 Å². The Morgan fingerprint density at radius 3 is 2.55 bits per heavy atom. The first-order valence-electron chi connectivity index (χ1n) is 6.71. The van der Waals surface area contributed by atoms with Gasteiger partial charge < -0.3 is 9.30 Å². The number of aromatic nitrogens is 2. The van der Waals surface area contributed by atoms with Gasteiger partial charge in [-0.2, -0.15) is 0 Å². The van der Waals surface area contributed by atoms with E-state index in [9.17, 15) is 4.79 Å². The molecule has 118 valence electrons. The minimum atomic E-state index is -0.478. The second-order valence-electron chi connectivity index (χ2n) is 4.89. The molecule has 0 N–H and O–H groups in total. The van der Waals surface area contributed by atoms with Gasteiger partial charge in [-0.15, -0.1) is 0 Å². The molecule has 7 heteroatoms. The molecule has 2 rings (SSSR count). The lowest BCUT2D eigenvalue weighted by Crippen LogP contribution is -2.14. The molecule has 0 aliphatic heterocycles. The van der Waals surface area contributed by atoms with Crippen LogP contribution in [-0.4, -0.2) is 21.0 Å². The number of rotatable bonds is 5. The van der Waals surface area contributed by atoms with Crippen LogP contribution in [0.3, 0.4) is 0 Å². The highest BCUT2D eigenvalue weighted by Gasteiger charge is 2.27. The van der Waals surface area contributed by atoms with Crippen molar-refractivity contribution >= 4 is 40.3 Å². The molecule has 0 radical (unpaired) electrons. The smallest absolute Gasteiger partial charge is 0.368 e. The molecule has 0 fully saturated rings. The second kappa shape index (κ2) is 7.90. The van der Waals surface area contributed by atoms with Gasteiger partial charge in [-0.05, 0) is 43.3 Å². The van der Waals surface area contributed by atoms with E-state index in [0.29, 0.717) is 5.02 Å². The van der Waals surface area contributed by atoms with Crippen LogP contribution >= 0.6 is 35.0 Å². The van der Waals surface area contributed by atoms with E-state index >= 15 is 0 Å². The summed E-state index contributed by atoms with van der Waals surface area (Å²) in [7, 11) is 0. The molecule has 1 heterocycles. The normalized spacial score (nSPS) is 13.9. The van der Waals surface area contributed by atoms with Crippen molar-refractivity contribution in [2.45, 2.75) is 30.7 Å². The third-order valence-electron chi connectivity index (χ3n) is 2.81. The molecule has 2 aromatic rings. The molecule has 22 heavy (non-hydrogen) atoms. The summed E-state index contributed by atoms with van der Waals surface area (Å²) < 4.78 is 6.95. The fourth-order valence-electron chi connectivity index (χ4n) is 1.83. The first-order chi connectivity index (χ1) is 10.5. The van der Waals surface area contributed by atoms with Gasteiger partial charge in [0, 0.05) is 17.4 Å². The first kappa shape index (κ1) is 17.2. The van der Waals surface area contributed by atoms with Gasteiger partial charge in [-0.25, -0.2) is 9.78 Å². The molecule has 0 aliphatic rings. The SMILES string of the molecule is CC(C)OC(=O)SC(c1ccc(Cl)cc1)C(Cl)n1ccnc1. The van der Waals surface area contributed by atoms with Crippen molar-refractivity contribution in [1.82, 2.24) is 9.55 Å². The van der Waals surface area contributed by atoms with Crippen molar-refractivity contribution in [3.05, 3.63) is 53.6 Å². The Bertz CT molecular complexity index is 603. The fourth-order valence-corrected chi connectivity index (χ4v) is 3.37. The number of hydrogen-bond donors (Lipinski definition) is 0. The van der Waals surface area contributed by atoms with Crippen molar-refractivity contribution in [3.63, 3.8) is 0 Å². The molecule has 1 aromatic carbocycles. The van der Waals surface area contributed by atoms with Gasteiger partial charge in [0.15, 0.2) is 0 Å². The Kier molecular flexibility index (Phi) is 6.17. The number of halogens is 2. The maximum absolute atomic E-state index is 12.0. The predicted octanol–water partition coefficient (Wildman–Crippen LogP) is 5.29. The maximum Gasteiger partial charge on any atom is 0.368 e.